The maximum Gasteiger partial charge on any atom is 0.0562 e. The summed E-state index contributed by atoms with van der Waals surface area (Å²) < 4.78 is 0.759. The third kappa shape index (κ3) is 1.23. The topological polar surface area (TPSA) is 0 Å². The summed E-state index contributed by atoms with van der Waals surface area (Å²) in [6, 6.07) is 0. The Morgan fingerprint density at radius 2 is 1.50 bits per heavy atom. The fraction of sp³-hybridized carbons (Fsp3) is 0.667. The predicted molar refractivity (Wildman–Crippen MR) is 43.0 cm³/mol. The van der Waals surface area contributed by atoms with Crippen molar-refractivity contribution in [3.8, 4) is 0 Å². The van der Waals surface area contributed by atoms with E-state index in [4.69, 9.17) is 0 Å². The van der Waals surface area contributed by atoms with Gasteiger partial charge < -0.3 is 0 Å². The van der Waals surface area contributed by atoms with Crippen LogP contribution in [-0.4, -0.2) is 4.58 Å². The van der Waals surface area contributed by atoms with Gasteiger partial charge >= 0.3 is 0 Å². The van der Waals surface area contributed by atoms with Crippen LogP contribution < -0.4 is 0 Å². The standard InChI is InChI=1S/C6H10S2/c1-4-5(2)8-6(3)7-4/h6H,1-3H3. The second-order valence-electron chi connectivity index (χ2n) is 1.92. The number of thioether (sulfide) groups is 2. The molecular weight excluding hydrogens is 136 g/mol. The fourth-order valence-corrected chi connectivity index (χ4v) is 3.36. The smallest absolute Gasteiger partial charge is 0.0562 e. The first kappa shape index (κ1) is 6.56. The SMILES string of the molecule is CC1=C(C)SC(C)S1. The Labute approximate surface area is 59.1 Å². The lowest BCUT2D eigenvalue weighted by Crippen LogP contribution is -1.76. The van der Waals surface area contributed by atoms with Crippen LogP contribution in [-0.2, 0) is 0 Å². The van der Waals surface area contributed by atoms with Gasteiger partial charge in [0.05, 0.1) is 4.58 Å². The van der Waals surface area contributed by atoms with Crippen molar-refractivity contribution in [2.45, 2.75) is 25.4 Å². The Kier molecular flexibility index (Phi) is 1.93. The molecule has 0 N–H and O–H groups in total. The molecule has 0 radical (unpaired) electrons. The van der Waals surface area contributed by atoms with Crippen LogP contribution in [0.5, 0.6) is 0 Å². The van der Waals surface area contributed by atoms with Crippen molar-refractivity contribution >= 4 is 23.5 Å². The largest absolute Gasteiger partial charge is 0.116 e. The quantitative estimate of drug-likeness (QED) is 0.515. The summed E-state index contributed by atoms with van der Waals surface area (Å²) in [5.74, 6) is 0. The zero-order chi connectivity index (χ0) is 6.15. The van der Waals surface area contributed by atoms with Crippen LogP contribution in [0.4, 0.5) is 0 Å². The van der Waals surface area contributed by atoms with Gasteiger partial charge in [-0.15, -0.1) is 23.5 Å². The minimum atomic E-state index is 0.759. The summed E-state index contributed by atoms with van der Waals surface area (Å²) in [5, 5.41) is 0. The van der Waals surface area contributed by atoms with Gasteiger partial charge in [0.1, 0.15) is 0 Å². The van der Waals surface area contributed by atoms with Crippen LogP contribution in [0.3, 0.4) is 0 Å². The van der Waals surface area contributed by atoms with E-state index in [1.54, 1.807) is 0 Å². The summed E-state index contributed by atoms with van der Waals surface area (Å²) in [7, 11) is 0. The summed E-state index contributed by atoms with van der Waals surface area (Å²) in [6.45, 7) is 6.63. The van der Waals surface area contributed by atoms with Gasteiger partial charge in [0.25, 0.3) is 0 Å². The van der Waals surface area contributed by atoms with Crippen LogP contribution >= 0.6 is 23.5 Å². The van der Waals surface area contributed by atoms with E-state index in [2.05, 4.69) is 20.8 Å². The van der Waals surface area contributed by atoms with Gasteiger partial charge in [-0.2, -0.15) is 0 Å². The van der Waals surface area contributed by atoms with E-state index in [-0.39, 0.29) is 0 Å². The van der Waals surface area contributed by atoms with Gasteiger partial charge in [0, 0.05) is 0 Å². The second-order valence-corrected chi connectivity index (χ2v) is 5.32. The molecule has 46 valence electrons. The Balaban J connectivity index is 2.60. The lowest BCUT2D eigenvalue weighted by Gasteiger charge is -1.94. The van der Waals surface area contributed by atoms with E-state index in [1.165, 1.54) is 9.81 Å². The average Bonchev–Trinajstić information content (AvgIpc) is 1.85. The molecule has 1 heterocycles. The molecule has 0 nitrogen and oxygen atoms in total. The minimum absolute atomic E-state index is 0.759. The molecule has 0 saturated heterocycles. The molecule has 8 heavy (non-hydrogen) atoms. The molecule has 0 saturated carbocycles. The molecule has 0 amide bonds. The van der Waals surface area contributed by atoms with E-state index in [0.717, 1.165) is 4.58 Å². The molecule has 1 aliphatic rings. The molecule has 0 fully saturated rings. The summed E-state index contributed by atoms with van der Waals surface area (Å²) in [5.41, 5.74) is 0. The highest BCUT2D eigenvalue weighted by atomic mass is 32.2. The lowest BCUT2D eigenvalue weighted by molar-refractivity contribution is 1.44. The number of hydrogen-bond acceptors (Lipinski definition) is 2. The molecule has 0 aromatic carbocycles. The van der Waals surface area contributed by atoms with Crippen molar-refractivity contribution in [2.24, 2.45) is 0 Å². The molecule has 1 rings (SSSR count). The monoisotopic (exact) mass is 146 g/mol. The Hall–Kier alpha value is 0.440. The molecular formula is C6H10S2. The van der Waals surface area contributed by atoms with E-state index < -0.39 is 0 Å². The summed E-state index contributed by atoms with van der Waals surface area (Å²) in [6.07, 6.45) is 0. The van der Waals surface area contributed by atoms with Crippen molar-refractivity contribution < 1.29 is 0 Å². The summed E-state index contributed by atoms with van der Waals surface area (Å²) in [4.78, 5) is 3.00. The molecule has 0 bridgehead atoms. The number of rotatable bonds is 0. The Bertz CT molecular complexity index is 112. The van der Waals surface area contributed by atoms with Crippen LogP contribution in [0.15, 0.2) is 9.81 Å². The van der Waals surface area contributed by atoms with E-state index in [1.807, 2.05) is 23.5 Å². The van der Waals surface area contributed by atoms with E-state index in [9.17, 15) is 0 Å². The fourth-order valence-electron chi connectivity index (χ4n) is 0.688. The van der Waals surface area contributed by atoms with Crippen molar-refractivity contribution in [2.75, 3.05) is 0 Å². The van der Waals surface area contributed by atoms with Crippen LogP contribution in [0.1, 0.15) is 20.8 Å². The molecule has 2 heteroatoms. The first-order chi connectivity index (χ1) is 3.70. The third-order valence-corrected chi connectivity index (χ3v) is 3.87. The van der Waals surface area contributed by atoms with Crippen molar-refractivity contribution in [1.82, 2.24) is 0 Å². The first-order valence-corrected chi connectivity index (χ1v) is 4.47. The number of hydrogen-bond donors (Lipinski definition) is 0. The van der Waals surface area contributed by atoms with Gasteiger partial charge in [-0.25, -0.2) is 0 Å². The summed E-state index contributed by atoms with van der Waals surface area (Å²) >= 11 is 3.94. The maximum atomic E-state index is 2.25. The zero-order valence-corrected chi connectivity index (χ0v) is 7.03. The van der Waals surface area contributed by atoms with Crippen LogP contribution in [0.2, 0.25) is 0 Å². The molecule has 0 aromatic rings. The highest BCUT2D eigenvalue weighted by Gasteiger charge is 2.14. The van der Waals surface area contributed by atoms with Crippen LogP contribution in [0, 0.1) is 0 Å². The molecule has 0 aromatic heterocycles. The van der Waals surface area contributed by atoms with Crippen molar-refractivity contribution in [3.63, 3.8) is 0 Å². The van der Waals surface area contributed by atoms with Gasteiger partial charge in [-0.3, -0.25) is 0 Å². The van der Waals surface area contributed by atoms with Gasteiger partial charge in [-0.1, -0.05) is 0 Å². The van der Waals surface area contributed by atoms with E-state index >= 15 is 0 Å². The van der Waals surface area contributed by atoms with Gasteiger partial charge in [0.2, 0.25) is 0 Å². The van der Waals surface area contributed by atoms with Crippen molar-refractivity contribution in [3.05, 3.63) is 9.81 Å². The molecule has 0 spiro atoms. The third-order valence-electron chi connectivity index (χ3n) is 1.18. The second kappa shape index (κ2) is 2.36. The highest BCUT2D eigenvalue weighted by Crippen LogP contribution is 2.44. The van der Waals surface area contributed by atoms with E-state index in [0.29, 0.717) is 0 Å². The van der Waals surface area contributed by atoms with Gasteiger partial charge in [-0.05, 0) is 30.6 Å². The maximum absolute atomic E-state index is 2.25. The minimum Gasteiger partial charge on any atom is -0.116 e. The molecule has 1 aliphatic heterocycles. The molecule has 0 aliphatic carbocycles. The zero-order valence-electron chi connectivity index (χ0n) is 5.39. The lowest BCUT2D eigenvalue weighted by atomic mass is 10.6. The highest BCUT2D eigenvalue weighted by molar-refractivity contribution is 8.23. The Morgan fingerprint density at radius 3 is 1.62 bits per heavy atom. The normalized spacial score (nSPS) is 22.9. The molecule has 0 unspecified atom stereocenters. The molecule has 0 atom stereocenters. The predicted octanol–water partition coefficient (Wildman–Crippen LogP) is 3.06. The van der Waals surface area contributed by atoms with Crippen molar-refractivity contribution in [1.29, 1.82) is 0 Å². The number of allylic oxidation sites excluding steroid dienone is 2. The average molecular weight is 146 g/mol. The Morgan fingerprint density at radius 1 is 1.12 bits per heavy atom. The van der Waals surface area contributed by atoms with Gasteiger partial charge in [0.15, 0.2) is 0 Å². The first-order valence-electron chi connectivity index (χ1n) is 2.71. The van der Waals surface area contributed by atoms with Crippen LogP contribution in [0.25, 0.3) is 0 Å².